The second kappa shape index (κ2) is 10.7. The summed E-state index contributed by atoms with van der Waals surface area (Å²) in [6.45, 7) is 4.08. The molecule has 10 heteroatoms. The second-order valence-electron chi connectivity index (χ2n) is 10.8. The van der Waals surface area contributed by atoms with Crippen LogP contribution in [-0.2, 0) is 16.0 Å². The van der Waals surface area contributed by atoms with Gasteiger partial charge in [0.2, 0.25) is 0 Å². The summed E-state index contributed by atoms with van der Waals surface area (Å²) in [7, 11) is 0. The summed E-state index contributed by atoms with van der Waals surface area (Å²) in [5.41, 5.74) is 3.85. The first kappa shape index (κ1) is 26.4. The third-order valence-corrected chi connectivity index (χ3v) is 8.44. The Morgan fingerprint density at radius 3 is 2.52 bits per heavy atom. The van der Waals surface area contributed by atoms with Gasteiger partial charge in [0.1, 0.15) is 17.9 Å². The molecule has 1 aromatic heterocycles. The van der Waals surface area contributed by atoms with Crippen LogP contribution in [0.2, 0.25) is 0 Å². The van der Waals surface area contributed by atoms with Gasteiger partial charge in [-0.05, 0) is 41.5 Å². The van der Waals surface area contributed by atoms with Crippen molar-refractivity contribution >= 4 is 34.4 Å². The van der Waals surface area contributed by atoms with Crippen molar-refractivity contribution in [3.63, 3.8) is 0 Å². The minimum Gasteiger partial charge on any atom is -0.379 e. The fourth-order valence-corrected chi connectivity index (χ4v) is 6.40. The van der Waals surface area contributed by atoms with Crippen LogP contribution in [0.15, 0.2) is 72.8 Å². The topological polar surface area (TPSA) is 98.0 Å². The van der Waals surface area contributed by atoms with Crippen LogP contribution in [0.1, 0.15) is 33.2 Å². The van der Waals surface area contributed by atoms with Crippen LogP contribution >= 0.6 is 0 Å². The number of para-hydroxylation sites is 2. The molecule has 0 aliphatic carbocycles. The van der Waals surface area contributed by atoms with Gasteiger partial charge in [-0.15, -0.1) is 0 Å². The molecule has 2 fully saturated rings. The molecular weight excluding hydrogens is 537 g/mol. The molecular formula is C32H30FN5O4. The van der Waals surface area contributed by atoms with Gasteiger partial charge in [0.25, 0.3) is 11.8 Å². The Hall–Kier alpha value is -4.54. The largest absolute Gasteiger partial charge is 0.379 e. The van der Waals surface area contributed by atoms with Gasteiger partial charge in [-0.25, -0.2) is 14.1 Å². The lowest BCUT2D eigenvalue weighted by Crippen LogP contribution is -2.44. The van der Waals surface area contributed by atoms with Crippen molar-refractivity contribution in [2.75, 3.05) is 44.3 Å². The van der Waals surface area contributed by atoms with E-state index in [0.717, 1.165) is 40.1 Å². The highest BCUT2D eigenvalue weighted by atomic mass is 19.1. The molecule has 2 N–H and O–H groups in total. The SMILES string of the molecule is O=C(NCCN1CCOCC1)c1ccccc1N1C(=O)[C@@H]2Cc3c([nH]c4ccccc34)[C@@H](c3ccc(F)cc3)N2C1=O. The summed E-state index contributed by atoms with van der Waals surface area (Å²) in [6.07, 6.45) is 0.325. The molecule has 4 heterocycles. The Bertz CT molecular complexity index is 1680. The number of aromatic amines is 1. The van der Waals surface area contributed by atoms with Crippen LogP contribution in [0.25, 0.3) is 10.9 Å². The molecule has 0 spiro atoms. The van der Waals surface area contributed by atoms with E-state index in [1.54, 1.807) is 41.3 Å². The van der Waals surface area contributed by atoms with E-state index in [4.69, 9.17) is 4.74 Å². The molecule has 3 aliphatic rings. The molecule has 4 amide bonds. The summed E-state index contributed by atoms with van der Waals surface area (Å²) in [5.74, 6) is -1.13. The highest BCUT2D eigenvalue weighted by molar-refractivity contribution is 6.24. The Labute approximate surface area is 241 Å². The summed E-state index contributed by atoms with van der Waals surface area (Å²) in [6, 6.07) is 18.6. The van der Waals surface area contributed by atoms with E-state index in [1.807, 2.05) is 24.3 Å². The number of anilines is 1. The summed E-state index contributed by atoms with van der Waals surface area (Å²) in [4.78, 5) is 50.0. The van der Waals surface area contributed by atoms with Crippen LogP contribution in [0.4, 0.5) is 14.9 Å². The summed E-state index contributed by atoms with van der Waals surface area (Å²) >= 11 is 0. The number of hydrogen-bond acceptors (Lipinski definition) is 5. The van der Waals surface area contributed by atoms with Crippen LogP contribution in [0.5, 0.6) is 0 Å². The van der Waals surface area contributed by atoms with Gasteiger partial charge in [-0.2, -0.15) is 0 Å². The average Bonchev–Trinajstić information content (AvgIpc) is 3.51. The van der Waals surface area contributed by atoms with E-state index < -0.39 is 24.0 Å². The Kier molecular flexibility index (Phi) is 6.72. The number of imide groups is 1. The highest BCUT2D eigenvalue weighted by Crippen LogP contribution is 2.45. The number of ether oxygens (including phenoxy) is 1. The molecule has 214 valence electrons. The second-order valence-corrected chi connectivity index (χ2v) is 10.8. The number of nitrogens with one attached hydrogen (secondary N) is 2. The molecule has 0 saturated carbocycles. The Balaban J connectivity index is 1.23. The highest BCUT2D eigenvalue weighted by Gasteiger charge is 2.53. The minimum absolute atomic E-state index is 0.247. The number of urea groups is 1. The first-order valence-electron chi connectivity index (χ1n) is 14.2. The van der Waals surface area contributed by atoms with Gasteiger partial charge in [-0.1, -0.05) is 42.5 Å². The molecule has 9 nitrogen and oxygen atoms in total. The van der Waals surface area contributed by atoms with E-state index in [0.29, 0.717) is 38.3 Å². The summed E-state index contributed by atoms with van der Waals surface area (Å²) in [5, 5.41) is 3.93. The smallest absolute Gasteiger partial charge is 0.332 e. The van der Waals surface area contributed by atoms with Gasteiger partial charge in [0.05, 0.1) is 24.5 Å². The number of rotatable bonds is 6. The number of H-pyrrole nitrogens is 1. The van der Waals surface area contributed by atoms with E-state index in [-0.39, 0.29) is 23.0 Å². The Morgan fingerprint density at radius 2 is 1.71 bits per heavy atom. The number of benzene rings is 3. The van der Waals surface area contributed by atoms with Gasteiger partial charge in [0, 0.05) is 49.2 Å². The number of halogens is 1. The minimum atomic E-state index is -0.781. The van der Waals surface area contributed by atoms with E-state index in [1.165, 1.54) is 12.1 Å². The molecule has 0 unspecified atom stereocenters. The van der Waals surface area contributed by atoms with Crippen molar-refractivity contribution in [3.05, 3.63) is 101 Å². The first-order chi connectivity index (χ1) is 20.5. The molecule has 2 saturated heterocycles. The predicted octanol–water partition coefficient (Wildman–Crippen LogP) is 3.85. The normalized spacial score (nSPS) is 20.6. The molecule has 3 aromatic carbocycles. The van der Waals surface area contributed by atoms with Gasteiger partial charge >= 0.3 is 6.03 Å². The number of morpholine rings is 1. The number of amides is 4. The van der Waals surface area contributed by atoms with Crippen molar-refractivity contribution in [3.8, 4) is 0 Å². The van der Waals surface area contributed by atoms with Crippen molar-refractivity contribution < 1.29 is 23.5 Å². The van der Waals surface area contributed by atoms with Crippen molar-refractivity contribution in [2.24, 2.45) is 0 Å². The van der Waals surface area contributed by atoms with E-state index in [9.17, 15) is 18.8 Å². The maximum atomic E-state index is 14.2. The molecule has 4 aromatic rings. The number of hydrogen-bond donors (Lipinski definition) is 2. The lowest BCUT2D eigenvalue weighted by molar-refractivity contribution is -0.120. The lowest BCUT2D eigenvalue weighted by atomic mass is 9.89. The summed E-state index contributed by atoms with van der Waals surface area (Å²) < 4.78 is 19.3. The quantitative estimate of drug-likeness (QED) is 0.345. The average molecular weight is 568 g/mol. The standard InChI is InChI=1S/C32H30FN5O4/c33-21-11-9-20(10-12-21)29-28-24(22-5-1-3-7-25(22)35-28)19-27-31(40)38(32(41)37(27)29)26-8-4-2-6-23(26)30(39)34-13-14-36-15-17-42-18-16-36/h1-12,27,29,35H,13-19H2,(H,34,39)/t27-,29+/m0/s1. The number of fused-ring (bicyclic) bond motifs is 4. The molecule has 2 atom stereocenters. The molecule has 42 heavy (non-hydrogen) atoms. The van der Waals surface area contributed by atoms with Crippen LogP contribution in [0, 0.1) is 5.82 Å². The van der Waals surface area contributed by atoms with Crippen LogP contribution < -0.4 is 10.2 Å². The fourth-order valence-electron chi connectivity index (χ4n) is 6.40. The van der Waals surface area contributed by atoms with Crippen LogP contribution in [0.3, 0.4) is 0 Å². The van der Waals surface area contributed by atoms with Crippen molar-refractivity contribution in [1.29, 1.82) is 0 Å². The number of carbonyl (C=O) groups excluding carboxylic acids is 3. The lowest BCUT2D eigenvalue weighted by Gasteiger charge is -2.36. The van der Waals surface area contributed by atoms with Crippen molar-refractivity contribution in [2.45, 2.75) is 18.5 Å². The fraction of sp³-hybridized carbons (Fsp3) is 0.281. The van der Waals surface area contributed by atoms with Gasteiger partial charge < -0.3 is 15.0 Å². The predicted molar refractivity (Wildman–Crippen MR) is 155 cm³/mol. The molecule has 0 bridgehead atoms. The third kappa shape index (κ3) is 4.43. The Morgan fingerprint density at radius 1 is 0.976 bits per heavy atom. The monoisotopic (exact) mass is 567 g/mol. The van der Waals surface area contributed by atoms with Gasteiger partial charge in [0.15, 0.2) is 0 Å². The van der Waals surface area contributed by atoms with Crippen LogP contribution in [-0.4, -0.2) is 78.1 Å². The first-order valence-corrected chi connectivity index (χ1v) is 14.2. The molecule has 7 rings (SSSR count). The number of nitrogens with zero attached hydrogens (tertiary/aromatic N) is 3. The molecule has 0 radical (unpaired) electrons. The van der Waals surface area contributed by atoms with E-state index >= 15 is 0 Å². The van der Waals surface area contributed by atoms with Gasteiger partial charge in [-0.3, -0.25) is 19.4 Å². The van der Waals surface area contributed by atoms with Crippen molar-refractivity contribution in [1.82, 2.24) is 20.1 Å². The number of carbonyl (C=O) groups is 3. The van der Waals surface area contributed by atoms with E-state index in [2.05, 4.69) is 15.2 Å². The zero-order valence-electron chi connectivity index (χ0n) is 22.9. The zero-order chi connectivity index (χ0) is 28.8. The maximum absolute atomic E-state index is 14.2. The molecule has 3 aliphatic heterocycles. The maximum Gasteiger partial charge on any atom is 0.332 e. The third-order valence-electron chi connectivity index (χ3n) is 8.44. The number of aromatic nitrogens is 1. The zero-order valence-corrected chi connectivity index (χ0v) is 22.9.